The van der Waals surface area contributed by atoms with E-state index in [0.29, 0.717) is 12.8 Å². The van der Waals surface area contributed by atoms with E-state index in [1.54, 1.807) is 20.8 Å². The lowest BCUT2D eigenvalue weighted by Gasteiger charge is -2.34. The number of carbonyl (C=O) groups is 4. The van der Waals surface area contributed by atoms with Crippen molar-refractivity contribution >= 4 is 23.8 Å². The lowest BCUT2D eigenvalue weighted by Crippen LogP contribution is -2.62. The van der Waals surface area contributed by atoms with Crippen molar-refractivity contribution in [2.24, 2.45) is 5.73 Å². The highest BCUT2D eigenvalue weighted by Crippen LogP contribution is 2.21. The molecule has 0 aliphatic heterocycles. The molecule has 0 aliphatic carbocycles. The highest BCUT2D eigenvalue weighted by atomic mass is 16.6. The molecule has 0 aliphatic rings. The summed E-state index contributed by atoms with van der Waals surface area (Å²) in [6.45, 7) is 10.8. The van der Waals surface area contributed by atoms with Gasteiger partial charge in [0.1, 0.15) is 5.60 Å². The first-order valence-electron chi connectivity index (χ1n) is 22.8. The first-order valence-corrected chi connectivity index (χ1v) is 22.8. The molecule has 9 nitrogen and oxygen atoms in total. The normalized spacial score (nSPS) is 13.5. The highest BCUT2D eigenvalue weighted by Gasteiger charge is 2.46. The van der Waals surface area contributed by atoms with Gasteiger partial charge in [-0.1, -0.05) is 141 Å². The number of carbonyl (C=O) groups excluding carboxylic acids is 4. The molecule has 2 atom stereocenters. The highest BCUT2D eigenvalue weighted by molar-refractivity contribution is 5.95. The maximum atomic E-state index is 13.5. The number of hydrogen-bond acceptors (Lipinski definition) is 8. The molecule has 3 N–H and O–H groups in total. The number of amides is 1. The molecule has 0 saturated carbocycles. The van der Waals surface area contributed by atoms with Crippen LogP contribution in [-0.2, 0) is 28.6 Å². The Hall–Kier alpha value is -2.68. The number of esters is 2. The number of alkyl carbamates (subject to hydrolysis) is 1. The summed E-state index contributed by atoms with van der Waals surface area (Å²) in [6, 6.07) is -1.07. The first kappa shape index (κ1) is 53.3. The largest absolute Gasteiger partial charge is 0.465 e. The summed E-state index contributed by atoms with van der Waals surface area (Å²) < 4.78 is 16.6. The SMILES string of the molecule is CCCCCCCC/C=C\CCCCCCCC(=O)OCCC(NC(=O)OC(C)(C)C)(OC(=O)CCCCCCC/C=C\CCCCCCCC)C(=O)[C@H](C)N. The Morgan fingerprint density at radius 2 is 0.929 bits per heavy atom. The second kappa shape index (κ2) is 35.5. The van der Waals surface area contributed by atoms with Crippen LogP contribution in [0.1, 0.15) is 228 Å². The van der Waals surface area contributed by atoms with Gasteiger partial charge in [-0.2, -0.15) is 0 Å². The van der Waals surface area contributed by atoms with Crippen molar-refractivity contribution in [2.45, 2.75) is 245 Å². The van der Waals surface area contributed by atoms with Crippen LogP contribution in [0, 0.1) is 0 Å². The Balaban J connectivity index is 4.74. The topological polar surface area (TPSA) is 134 Å². The van der Waals surface area contributed by atoms with Gasteiger partial charge in [-0.3, -0.25) is 19.7 Å². The van der Waals surface area contributed by atoms with Gasteiger partial charge < -0.3 is 19.9 Å². The molecule has 1 unspecified atom stereocenters. The van der Waals surface area contributed by atoms with Gasteiger partial charge in [-0.15, -0.1) is 0 Å². The standard InChI is InChI=1S/C47H86N2O7/c1-7-9-11-13-15-17-19-21-23-25-27-29-31-33-35-37-42(50)54-40-39-47(44(52)41(3)48,49-45(53)56-46(4,5)6)55-43(51)38-36-34-32-30-28-26-24-22-20-18-16-14-12-10-8-2/h21-24,41H,7-20,25-40,48H2,1-6H3,(H,49,53)/b23-21-,24-22-/t41-,47?/m0/s1. The Morgan fingerprint density at radius 1 is 0.554 bits per heavy atom. The smallest absolute Gasteiger partial charge is 0.411 e. The zero-order chi connectivity index (χ0) is 41.8. The molecule has 0 aromatic carbocycles. The van der Waals surface area contributed by atoms with E-state index >= 15 is 0 Å². The van der Waals surface area contributed by atoms with E-state index in [4.69, 9.17) is 19.9 Å². The lowest BCUT2D eigenvalue weighted by molar-refractivity contribution is -0.175. The Morgan fingerprint density at radius 3 is 1.32 bits per heavy atom. The van der Waals surface area contributed by atoms with Gasteiger partial charge in [0.25, 0.3) is 5.72 Å². The Bertz CT molecular complexity index is 1070. The molecule has 0 aromatic rings. The third-order valence-electron chi connectivity index (χ3n) is 9.81. The first-order chi connectivity index (χ1) is 26.9. The number of ether oxygens (including phenoxy) is 3. The minimum Gasteiger partial charge on any atom is -0.465 e. The maximum Gasteiger partial charge on any atom is 0.411 e. The fourth-order valence-electron chi connectivity index (χ4n) is 6.52. The molecule has 0 bridgehead atoms. The van der Waals surface area contributed by atoms with Gasteiger partial charge in [0.05, 0.1) is 12.6 Å². The van der Waals surface area contributed by atoms with Gasteiger partial charge in [-0.25, -0.2) is 4.79 Å². The lowest BCUT2D eigenvalue weighted by atomic mass is 9.99. The average molecular weight is 791 g/mol. The summed E-state index contributed by atoms with van der Waals surface area (Å²) in [5, 5.41) is 2.49. The van der Waals surface area contributed by atoms with Crippen molar-refractivity contribution in [1.82, 2.24) is 5.32 Å². The minimum absolute atomic E-state index is 0.0808. The number of allylic oxidation sites excluding steroid dienone is 4. The molecule has 0 aromatic heterocycles. The predicted molar refractivity (Wildman–Crippen MR) is 231 cm³/mol. The summed E-state index contributed by atoms with van der Waals surface area (Å²) in [7, 11) is 0. The van der Waals surface area contributed by atoms with Crippen LogP contribution in [0.5, 0.6) is 0 Å². The van der Waals surface area contributed by atoms with E-state index in [-0.39, 0.29) is 25.9 Å². The van der Waals surface area contributed by atoms with Crippen LogP contribution in [-0.4, -0.2) is 47.8 Å². The predicted octanol–water partition coefficient (Wildman–Crippen LogP) is 12.7. The zero-order valence-corrected chi connectivity index (χ0v) is 37.0. The van der Waals surface area contributed by atoms with Gasteiger partial charge in [0, 0.05) is 19.3 Å². The van der Waals surface area contributed by atoms with Crippen LogP contribution >= 0.6 is 0 Å². The molecule has 326 valence electrons. The van der Waals surface area contributed by atoms with Crippen molar-refractivity contribution in [3.05, 3.63) is 24.3 Å². The van der Waals surface area contributed by atoms with Gasteiger partial charge in [-0.05, 0) is 91.9 Å². The number of unbranched alkanes of at least 4 members (excludes halogenated alkanes) is 22. The molecule has 0 fully saturated rings. The third-order valence-corrected chi connectivity index (χ3v) is 9.81. The van der Waals surface area contributed by atoms with Gasteiger partial charge in [0.15, 0.2) is 0 Å². The quantitative estimate of drug-likeness (QED) is 0.0209. The summed E-state index contributed by atoms with van der Waals surface area (Å²) in [5.74, 6) is -1.73. The monoisotopic (exact) mass is 791 g/mol. The van der Waals surface area contributed by atoms with Crippen LogP contribution in [0.3, 0.4) is 0 Å². The molecule has 1 amide bonds. The van der Waals surface area contributed by atoms with Gasteiger partial charge in [0.2, 0.25) is 5.78 Å². The number of hydrogen-bond donors (Lipinski definition) is 2. The molecule has 0 radical (unpaired) electrons. The molecular weight excluding hydrogens is 705 g/mol. The maximum absolute atomic E-state index is 13.5. The third kappa shape index (κ3) is 32.4. The number of Topliss-reactive ketones (excluding diaryl/α,β-unsaturated/α-hetero) is 1. The van der Waals surface area contributed by atoms with E-state index in [1.165, 1.54) is 90.4 Å². The van der Waals surface area contributed by atoms with E-state index in [1.807, 2.05) is 0 Å². The van der Waals surface area contributed by atoms with E-state index in [2.05, 4.69) is 43.5 Å². The average Bonchev–Trinajstić information content (AvgIpc) is 3.13. The fraction of sp³-hybridized carbons (Fsp3) is 0.830. The molecule has 56 heavy (non-hydrogen) atoms. The van der Waals surface area contributed by atoms with Crippen molar-refractivity contribution in [1.29, 1.82) is 0 Å². The summed E-state index contributed by atoms with van der Waals surface area (Å²) in [5.41, 5.74) is 3.00. The van der Waals surface area contributed by atoms with Crippen LogP contribution in [0.2, 0.25) is 0 Å². The van der Waals surface area contributed by atoms with Crippen molar-refractivity contribution in [3.8, 4) is 0 Å². The summed E-state index contributed by atoms with van der Waals surface area (Å²) in [6.07, 6.45) is 38.2. The molecule has 0 spiro atoms. The Labute approximate surface area is 343 Å². The van der Waals surface area contributed by atoms with Crippen LogP contribution in [0.4, 0.5) is 4.79 Å². The summed E-state index contributed by atoms with van der Waals surface area (Å²) in [4.78, 5) is 52.1. The minimum atomic E-state index is -2.13. The molecular formula is C47H86N2O7. The van der Waals surface area contributed by atoms with Crippen molar-refractivity contribution in [3.63, 3.8) is 0 Å². The van der Waals surface area contributed by atoms with Crippen LogP contribution in [0.15, 0.2) is 24.3 Å². The molecule has 0 heterocycles. The number of ketones is 1. The van der Waals surface area contributed by atoms with Crippen LogP contribution < -0.4 is 11.1 Å². The number of rotatable bonds is 37. The number of nitrogens with one attached hydrogen (secondary N) is 1. The van der Waals surface area contributed by atoms with Crippen LogP contribution in [0.25, 0.3) is 0 Å². The van der Waals surface area contributed by atoms with Crippen molar-refractivity contribution in [2.75, 3.05) is 6.61 Å². The second-order valence-electron chi connectivity index (χ2n) is 16.7. The van der Waals surface area contributed by atoms with E-state index < -0.39 is 41.2 Å². The molecule has 0 rings (SSSR count). The molecule has 9 heteroatoms. The fourth-order valence-corrected chi connectivity index (χ4v) is 6.52. The van der Waals surface area contributed by atoms with E-state index in [9.17, 15) is 19.2 Å². The van der Waals surface area contributed by atoms with E-state index in [0.717, 1.165) is 70.6 Å². The Kier molecular flexibility index (Phi) is 33.8. The number of nitrogens with two attached hydrogens (primary N) is 1. The zero-order valence-electron chi connectivity index (χ0n) is 37.0. The van der Waals surface area contributed by atoms with Gasteiger partial charge >= 0.3 is 18.0 Å². The summed E-state index contributed by atoms with van der Waals surface area (Å²) >= 11 is 0. The second-order valence-corrected chi connectivity index (χ2v) is 16.7. The van der Waals surface area contributed by atoms with Crippen molar-refractivity contribution < 1.29 is 33.4 Å². The molecule has 0 saturated heterocycles.